The number of phenols is 1. The Balaban J connectivity index is 0.000000311. The third-order valence-electron chi connectivity index (χ3n) is 3.29. The standard InChI is InChI=1S/C11H10I2O3.C10H8I2O3/c1-6(2)11(14)16-7-4-8(12)10(15-3)9(13)5-7;1-5(2)10(14)15-9-4-6(11)8(13)3-7(9)12/h4-5H,1H2,2-3H3;3-4,13H,1H2,2H3. The molecule has 0 fully saturated rings. The van der Waals surface area contributed by atoms with Crippen LogP contribution in [0, 0.1) is 14.3 Å². The number of rotatable bonds is 5. The van der Waals surface area contributed by atoms with Crippen molar-refractivity contribution in [2.24, 2.45) is 0 Å². The number of halogens is 4. The maximum atomic E-state index is 11.3. The van der Waals surface area contributed by atoms with Crippen LogP contribution in [0.5, 0.6) is 23.0 Å². The first-order valence-corrected chi connectivity index (χ1v) is 12.6. The summed E-state index contributed by atoms with van der Waals surface area (Å²) in [6.45, 7) is 10.2. The highest BCUT2D eigenvalue weighted by atomic mass is 127. The van der Waals surface area contributed by atoms with Crippen molar-refractivity contribution in [2.75, 3.05) is 7.11 Å². The summed E-state index contributed by atoms with van der Waals surface area (Å²) in [5.41, 5.74) is 0.717. The van der Waals surface area contributed by atoms with E-state index in [4.69, 9.17) is 14.2 Å². The van der Waals surface area contributed by atoms with Gasteiger partial charge in [-0.2, -0.15) is 0 Å². The van der Waals surface area contributed by atoms with Crippen LogP contribution >= 0.6 is 90.4 Å². The molecule has 1 N–H and O–H groups in total. The number of carbonyl (C=O) groups is 2. The summed E-state index contributed by atoms with van der Waals surface area (Å²) in [6, 6.07) is 6.66. The van der Waals surface area contributed by atoms with Gasteiger partial charge in [0, 0.05) is 11.1 Å². The molecule has 2 aromatic rings. The molecule has 0 aliphatic rings. The number of methoxy groups -OCH3 is 1. The van der Waals surface area contributed by atoms with Crippen molar-refractivity contribution in [1.29, 1.82) is 0 Å². The van der Waals surface area contributed by atoms with E-state index in [1.54, 1.807) is 45.2 Å². The summed E-state index contributed by atoms with van der Waals surface area (Å²) in [6.07, 6.45) is 0. The average molecular weight is 874 g/mol. The van der Waals surface area contributed by atoms with Crippen molar-refractivity contribution in [1.82, 2.24) is 0 Å². The predicted molar refractivity (Wildman–Crippen MR) is 153 cm³/mol. The molecule has 2 rings (SSSR count). The summed E-state index contributed by atoms with van der Waals surface area (Å²) in [5, 5.41) is 9.40. The highest BCUT2D eigenvalue weighted by Crippen LogP contribution is 2.32. The molecule has 0 aliphatic carbocycles. The summed E-state index contributed by atoms with van der Waals surface area (Å²) < 4.78 is 18.5. The number of hydrogen-bond acceptors (Lipinski definition) is 6. The summed E-state index contributed by atoms with van der Waals surface area (Å²) in [4.78, 5) is 22.6. The third kappa shape index (κ3) is 9.03. The van der Waals surface area contributed by atoms with Crippen LogP contribution in [-0.2, 0) is 9.59 Å². The van der Waals surface area contributed by atoms with E-state index in [1.807, 2.05) is 45.2 Å². The van der Waals surface area contributed by atoms with Crippen molar-refractivity contribution in [2.45, 2.75) is 13.8 Å². The van der Waals surface area contributed by atoms with E-state index >= 15 is 0 Å². The molecule has 0 amide bonds. The van der Waals surface area contributed by atoms with Crippen molar-refractivity contribution in [3.05, 3.63) is 62.9 Å². The van der Waals surface area contributed by atoms with E-state index in [-0.39, 0.29) is 5.75 Å². The summed E-state index contributed by atoms with van der Waals surface area (Å²) in [7, 11) is 1.61. The molecule has 0 bridgehead atoms. The zero-order valence-corrected chi connectivity index (χ0v) is 25.4. The lowest BCUT2D eigenvalue weighted by Gasteiger charge is -2.09. The summed E-state index contributed by atoms with van der Waals surface area (Å²) in [5.74, 6) is 1.02. The molecule has 0 radical (unpaired) electrons. The van der Waals surface area contributed by atoms with Crippen LogP contribution in [0.3, 0.4) is 0 Å². The van der Waals surface area contributed by atoms with Gasteiger partial charge in [0.15, 0.2) is 0 Å². The Kier molecular flexibility index (Phi) is 12.1. The molecule has 0 saturated carbocycles. The first kappa shape index (κ1) is 28.4. The van der Waals surface area contributed by atoms with Gasteiger partial charge in [0.1, 0.15) is 23.0 Å². The van der Waals surface area contributed by atoms with Gasteiger partial charge in [-0.05, 0) is 128 Å². The molecule has 0 aliphatic heterocycles. The van der Waals surface area contributed by atoms with E-state index in [0.717, 1.165) is 12.9 Å². The zero-order valence-electron chi connectivity index (χ0n) is 16.7. The van der Waals surface area contributed by atoms with Crippen molar-refractivity contribution >= 4 is 102 Å². The number of aromatic hydroxyl groups is 1. The molecular formula is C21H18I4O6. The Labute approximate surface area is 235 Å². The monoisotopic (exact) mass is 874 g/mol. The highest BCUT2D eigenvalue weighted by Gasteiger charge is 2.12. The van der Waals surface area contributed by atoms with Crippen LogP contribution in [0.4, 0.5) is 0 Å². The third-order valence-corrected chi connectivity index (χ3v) is 6.60. The summed E-state index contributed by atoms with van der Waals surface area (Å²) >= 11 is 8.22. The Bertz CT molecular complexity index is 1010. The van der Waals surface area contributed by atoms with Gasteiger partial charge in [-0.1, -0.05) is 13.2 Å². The van der Waals surface area contributed by atoms with Crippen molar-refractivity contribution < 1.29 is 28.9 Å². The van der Waals surface area contributed by atoms with E-state index in [1.165, 1.54) is 0 Å². The second kappa shape index (κ2) is 13.2. The van der Waals surface area contributed by atoms with Gasteiger partial charge < -0.3 is 19.3 Å². The van der Waals surface area contributed by atoms with Gasteiger partial charge in [-0.15, -0.1) is 0 Å². The fourth-order valence-corrected chi connectivity index (χ4v) is 4.92. The van der Waals surface area contributed by atoms with E-state index in [0.29, 0.717) is 29.8 Å². The van der Waals surface area contributed by atoms with Crippen LogP contribution in [0.15, 0.2) is 48.6 Å². The minimum Gasteiger partial charge on any atom is -0.507 e. The van der Waals surface area contributed by atoms with Crippen LogP contribution in [-0.4, -0.2) is 24.2 Å². The highest BCUT2D eigenvalue weighted by molar-refractivity contribution is 14.1. The fourth-order valence-electron chi connectivity index (χ4n) is 1.77. The molecule has 0 spiro atoms. The molecule has 166 valence electrons. The number of phenolic OH excluding ortho intramolecular Hbond substituents is 1. The second-order valence-electron chi connectivity index (χ2n) is 5.99. The molecular weight excluding hydrogens is 856 g/mol. The Morgan fingerprint density at radius 1 is 0.806 bits per heavy atom. The molecule has 0 unspecified atom stereocenters. The zero-order chi connectivity index (χ0) is 23.9. The van der Waals surface area contributed by atoms with Gasteiger partial charge in [0.25, 0.3) is 0 Å². The van der Waals surface area contributed by atoms with Gasteiger partial charge in [0.05, 0.1) is 21.4 Å². The Morgan fingerprint density at radius 3 is 1.74 bits per heavy atom. The molecule has 10 heteroatoms. The van der Waals surface area contributed by atoms with Crippen LogP contribution in [0.1, 0.15) is 13.8 Å². The van der Waals surface area contributed by atoms with Crippen molar-refractivity contribution in [3.8, 4) is 23.0 Å². The average Bonchev–Trinajstić information content (AvgIpc) is 2.66. The lowest BCUT2D eigenvalue weighted by molar-refractivity contribution is -0.131. The molecule has 0 aromatic heterocycles. The predicted octanol–water partition coefficient (Wildman–Crippen LogP) is 6.47. The molecule has 0 heterocycles. The first-order chi connectivity index (χ1) is 14.4. The van der Waals surface area contributed by atoms with Gasteiger partial charge in [-0.25, -0.2) is 9.59 Å². The van der Waals surface area contributed by atoms with E-state index in [9.17, 15) is 14.7 Å². The van der Waals surface area contributed by atoms with Crippen LogP contribution in [0.2, 0.25) is 0 Å². The SMILES string of the molecule is C=C(C)C(=O)Oc1cc(I)c(O)cc1I.C=C(C)C(=O)Oc1cc(I)c(OC)c(I)c1. The van der Waals surface area contributed by atoms with Crippen molar-refractivity contribution in [3.63, 3.8) is 0 Å². The number of ether oxygens (including phenoxy) is 3. The van der Waals surface area contributed by atoms with E-state index in [2.05, 4.69) is 58.3 Å². The molecule has 31 heavy (non-hydrogen) atoms. The molecule has 6 nitrogen and oxygen atoms in total. The molecule has 0 saturated heterocycles. The first-order valence-electron chi connectivity index (χ1n) is 8.33. The minimum atomic E-state index is -0.464. The van der Waals surface area contributed by atoms with E-state index < -0.39 is 11.9 Å². The van der Waals surface area contributed by atoms with Gasteiger partial charge >= 0.3 is 11.9 Å². The quantitative estimate of drug-likeness (QED) is 0.161. The smallest absolute Gasteiger partial charge is 0.338 e. The minimum absolute atomic E-state index is 0.176. The number of benzene rings is 2. The van der Waals surface area contributed by atoms with Crippen LogP contribution < -0.4 is 14.2 Å². The number of carbonyl (C=O) groups excluding carboxylic acids is 2. The Hall–Kier alpha value is -0.620. The lowest BCUT2D eigenvalue weighted by Crippen LogP contribution is -2.09. The molecule has 2 aromatic carbocycles. The fraction of sp³-hybridized carbons (Fsp3) is 0.143. The number of hydrogen-bond donors (Lipinski definition) is 1. The normalized spacial score (nSPS) is 9.77. The number of esters is 2. The van der Waals surface area contributed by atoms with Gasteiger partial charge in [-0.3, -0.25) is 0 Å². The van der Waals surface area contributed by atoms with Gasteiger partial charge in [0.2, 0.25) is 0 Å². The van der Waals surface area contributed by atoms with Crippen LogP contribution in [0.25, 0.3) is 0 Å². The molecule has 0 atom stereocenters. The Morgan fingerprint density at radius 2 is 1.29 bits per heavy atom. The lowest BCUT2D eigenvalue weighted by atomic mass is 10.3. The maximum absolute atomic E-state index is 11.3. The largest absolute Gasteiger partial charge is 0.507 e. The topological polar surface area (TPSA) is 82.1 Å². The maximum Gasteiger partial charge on any atom is 0.338 e. The second-order valence-corrected chi connectivity index (χ2v) is 10.6.